The molecule has 1 aromatic carbocycles. The second-order valence-corrected chi connectivity index (χ2v) is 9.10. The van der Waals surface area contributed by atoms with Crippen molar-refractivity contribution >= 4 is 8.56 Å². The fourth-order valence-corrected chi connectivity index (χ4v) is 4.69. The lowest BCUT2D eigenvalue weighted by Gasteiger charge is -2.32. The van der Waals surface area contributed by atoms with Gasteiger partial charge in [-0.25, -0.2) is 0 Å². The van der Waals surface area contributed by atoms with Gasteiger partial charge in [0.2, 0.25) is 0 Å². The Morgan fingerprint density at radius 2 is 1.41 bits per heavy atom. The predicted octanol–water partition coefficient (Wildman–Crippen LogP) is 4.74. The summed E-state index contributed by atoms with van der Waals surface area (Å²) in [5.74, 6) is 0. The fourth-order valence-electron chi connectivity index (χ4n) is 2.39. The average molecular weight is 325 g/mol. The molecule has 1 unspecified atom stereocenters. The second-order valence-electron chi connectivity index (χ2n) is 5.94. The summed E-state index contributed by atoms with van der Waals surface area (Å²) in [5.41, 5.74) is 0.250. The Labute approximate surface area is 136 Å². The van der Waals surface area contributed by atoms with Gasteiger partial charge in [0.1, 0.15) is 5.73 Å². The maximum Gasteiger partial charge on any atom is 0.369 e. The standard InChI is InChI=1S/C18H32O3Si/c1-4-6-11-15-20-22(3,21-16-12-7-5-2)18(19)17-13-9-8-10-14-17/h8-10,13-14,18-19H,4-7,11-12,15-16H2,1-3H3. The molecule has 0 aliphatic rings. The molecule has 0 fully saturated rings. The Morgan fingerprint density at radius 1 is 0.909 bits per heavy atom. The number of aliphatic hydroxyl groups excluding tert-OH is 1. The van der Waals surface area contributed by atoms with Crippen molar-refractivity contribution in [2.45, 2.75) is 64.6 Å². The van der Waals surface area contributed by atoms with Gasteiger partial charge in [-0.3, -0.25) is 0 Å². The third kappa shape index (κ3) is 6.61. The van der Waals surface area contributed by atoms with E-state index in [2.05, 4.69) is 13.8 Å². The minimum absolute atomic E-state index is 0.642. The maximum absolute atomic E-state index is 10.8. The molecule has 3 nitrogen and oxygen atoms in total. The van der Waals surface area contributed by atoms with Crippen molar-refractivity contribution in [2.75, 3.05) is 13.2 Å². The van der Waals surface area contributed by atoms with Crippen molar-refractivity contribution in [1.82, 2.24) is 0 Å². The number of hydrogen-bond acceptors (Lipinski definition) is 3. The van der Waals surface area contributed by atoms with Crippen LogP contribution in [0.5, 0.6) is 0 Å². The van der Waals surface area contributed by atoms with Crippen molar-refractivity contribution in [3.8, 4) is 0 Å². The van der Waals surface area contributed by atoms with Crippen LogP contribution in [0.2, 0.25) is 6.55 Å². The molecule has 0 saturated carbocycles. The SMILES string of the molecule is CCCCCO[Si](C)(OCCCCC)C(O)c1ccccc1. The lowest BCUT2D eigenvalue weighted by molar-refractivity contribution is 0.105. The molecule has 0 spiro atoms. The van der Waals surface area contributed by atoms with Gasteiger partial charge in [-0.1, -0.05) is 69.9 Å². The molecule has 0 amide bonds. The molecular formula is C18H32O3Si. The first-order valence-corrected chi connectivity index (χ1v) is 11.0. The van der Waals surface area contributed by atoms with Crippen LogP contribution in [-0.4, -0.2) is 26.9 Å². The summed E-state index contributed by atoms with van der Waals surface area (Å²) in [5, 5.41) is 10.8. The van der Waals surface area contributed by atoms with Crippen LogP contribution in [0, 0.1) is 0 Å². The van der Waals surface area contributed by atoms with E-state index in [1.165, 1.54) is 12.8 Å². The summed E-state index contributed by atoms with van der Waals surface area (Å²) >= 11 is 0. The molecule has 126 valence electrons. The summed E-state index contributed by atoms with van der Waals surface area (Å²) in [6, 6.07) is 9.74. The first kappa shape index (κ1) is 19.4. The summed E-state index contributed by atoms with van der Waals surface area (Å²) < 4.78 is 12.2. The van der Waals surface area contributed by atoms with E-state index < -0.39 is 14.3 Å². The molecule has 4 heteroatoms. The number of benzene rings is 1. The van der Waals surface area contributed by atoms with Gasteiger partial charge in [0.05, 0.1) is 0 Å². The topological polar surface area (TPSA) is 38.7 Å². The van der Waals surface area contributed by atoms with Crippen molar-refractivity contribution in [3.63, 3.8) is 0 Å². The Kier molecular flexibility index (Phi) is 9.63. The van der Waals surface area contributed by atoms with E-state index >= 15 is 0 Å². The highest BCUT2D eigenvalue weighted by atomic mass is 28.4. The molecule has 0 bridgehead atoms. The van der Waals surface area contributed by atoms with E-state index in [-0.39, 0.29) is 0 Å². The van der Waals surface area contributed by atoms with Crippen LogP contribution < -0.4 is 0 Å². The van der Waals surface area contributed by atoms with Gasteiger partial charge < -0.3 is 14.0 Å². The van der Waals surface area contributed by atoms with Crippen LogP contribution >= 0.6 is 0 Å². The number of rotatable bonds is 12. The van der Waals surface area contributed by atoms with E-state index in [0.717, 1.165) is 31.2 Å². The summed E-state index contributed by atoms with van der Waals surface area (Å²) in [7, 11) is -2.64. The lowest BCUT2D eigenvalue weighted by atomic mass is 10.2. The molecule has 0 aromatic heterocycles. The molecule has 1 aromatic rings. The molecule has 1 atom stereocenters. The number of unbranched alkanes of at least 4 members (excludes halogenated alkanes) is 4. The average Bonchev–Trinajstić information content (AvgIpc) is 2.56. The van der Waals surface area contributed by atoms with Gasteiger partial charge in [0.25, 0.3) is 0 Å². The van der Waals surface area contributed by atoms with E-state index in [9.17, 15) is 5.11 Å². The van der Waals surface area contributed by atoms with Crippen molar-refractivity contribution in [1.29, 1.82) is 0 Å². The second kappa shape index (κ2) is 10.9. The van der Waals surface area contributed by atoms with Gasteiger partial charge in [-0.2, -0.15) is 0 Å². The fraction of sp³-hybridized carbons (Fsp3) is 0.667. The largest absolute Gasteiger partial charge is 0.393 e. The summed E-state index contributed by atoms with van der Waals surface area (Å²) in [6.45, 7) is 7.69. The monoisotopic (exact) mass is 324 g/mol. The Bertz CT molecular complexity index is 371. The predicted molar refractivity (Wildman–Crippen MR) is 94.0 cm³/mol. The molecule has 0 heterocycles. The van der Waals surface area contributed by atoms with E-state index in [4.69, 9.17) is 8.85 Å². The normalized spacial score (nSPS) is 13.3. The molecule has 0 aliphatic heterocycles. The van der Waals surface area contributed by atoms with Gasteiger partial charge in [-0.05, 0) is 25.0 Å². The highest BCUT2D eigenvalue weighted by Gasteiger charge is 2.41. The number of hydrogen-bond donors (Lipinski definition) is 1. The smallest absolute Gasteiger partial charge is 0.369 e. The molecule has 1 rings (SSSR count). The first-order valence-electron chi connectivity index (χ1n) is 8.65. The van der Waals surface area contributed by atoms with Gasteiger partial charge in [0.15, 0.2) is 0 Å². The van der Waals surface area contributed by atoms with Crippen LogP contribution in [0.25, 0.3) is 0 Å². The van der Waals surface area contributed by atoms with Crippen LogP contribution in [0.15, 0.2) is 30.3 Å². The van der Waals surface area contributed by atoms with E-state index in [0.29, 0.717) is 13.2 Å². The maximum atomic E-state index is 10.8. The van der Waals surface area contributed by atoms with Crippen LogP contribution in [0.3, 0.4) is 0 Å². The Hall–Kier alpha value is -0.683. The number of aliphatic hydroxyl groups is 1. The molecule has 0 radical (unpaired) electrons. The highest BCUT2D eigenvalue weighted by Crippen LogP contribution is 2.27. The van der Waals surface area contributed by atoms with Crippen molar-refractivity contribution in [3.05, 3.63) is 35.9 Å². The first-order chi connectivity index (χ1) is 10.6. The minimum Gasteiger partial charge on any atom is -0.393 e. The zero-order valence-corrected chi connectivity index (χ0v) is 15.4. The molecular weight excluding hydrogens is 292 g/mol. The van der Waals surface area contributed by atoms with Crippen molar-refractivity contribution in [2.24, 2.45) is 0 Å². The third-order valence-corrected chi connectivity index (χ3v) is 6.77. The van der Waals surface area contributed by atoms with E-state index in [1.807, 2.05) is 36.9 Å². The molecule has 0 saturated heterocycles. The van der Waals surface area contributed by atoms with Gasteiger partial charge >= 0.3 is 8.56 Å². The van der Waals surface area contributed by atoms with E-state index in [1.54, 1.807) is 0 Å². The molecule has 22 heavy (non-hydrogen) atoms. The Balaban J connectivity index is 2.66. The quantitative estimate of drug-likeness (QED) is 0.445. The Morgan fingerprint density at radius 3 is 1.86 bits per heavy atom. The summed E-state index contributed by atoms with van der Waals surface area (Å²) in [4.78, 5) is 0. The van der Waals surface area contributed by atoms with Gasteiger partial charge in [-0.15, -0.1) is 0 Å². The highest BCUT2D eigenvalue weighted by molar-refractivity contribution is 6.67. The zero-order chi connectivity index (χ0) is 16.3. The minimum atomic E-state index is -2.64. The summed E-state index contributed by atoms with van der Waals surface area (Å²) in [6.07, 6.45) is 6.70. The third-order valence-electron chi connectivity index (χ3n) is 3.89. The van der Waals surface area contributed by atoms with Crippen LogP contribution in [-0.2, 0) is 8.85 Å². The molecule has 0 aliphatic carbocycles. The van der Waals surface area contributed by atoms with Crippen LogP contribution in [0.1, 0.15) is 63.7 Å². The molecule has 1 N–H and O–H groups in total. The van der Waals surface area contributed by atoms with Crippen LogP contribution in [0.4, 0.5) is 0 Å². The van der Waals surface area contributed by atoms with Crippen molar-refractivity contribution < 1.29 is 14.0 Å². The van der Waals surface area contributed by atoms with Gasteiger partial charge in [0, 0.05) is 13.2 Å². The zero-order valence-electron chi connectivity index (χ0n) is 14.4. The lowest BCUT2D eigenvalue weighted by Crippen LogP contribution is -2.46.